The van der Waals surface area contributed by atoms with E-state index in [0.717, 1.165) is 71.0 Å². The number of aliphatic carboxylic acids is 1. The second kappa shape index (κ2) is 9.96. The van der Waals surface area contributed by atoms with Crippen LogP contribution in [0.2, 0.25) is 0 Å². The van der Waals surface area contributed by atoms with Crippen molar-refractivity contribution in [2.45, 2.75) is 52.4 Å². The second-order valence-electron chi connectivity index (χ2n) is 8.68. The first-order valence-corrected chi connectivity index (χ1v) is 11.5. The van der Waals surface area contributed by atoms with E-state index in [0.29, 0.717) is 12.0 Å². The van der Waals surface area contributed by atoms with Crippen LogP contribution in [0.4, 0.5) is 0 Å². The maximum absolute atomic E-state index is 13.6. The Morgan fingerprint density at radius 3 is 2.71 bits per heavy atom. The van der Waals surface area contributed by atoms with Gasteiger partial charge in [-0.1, -0.05) is 48.7 Å². The van der Waals surface area contributed by atoms with Gasteiger partial charge in [0.2, 0.25) is 5.71 Å². The Kier molecular flexibility index (Phi) is 6.82. The molecule has 2 aliphatic carbocycles. The number of hydrogen-bond donors (Lipinski definition) is 2. The van der Waals surface area contributed by atoms with Crippen molar-refractivity contribution < 1.29 is 19.2 Å². The number of aromatic nitrogens is 1. The van der Waals surface area contributed by atoms with E-state index < -0.39 is 11.7 Å². The third kappa shape index (κ3) is 4.60. The normalized spacial score (nSPS) is 19.9. The van der Waals surface area contributed by atoms with Gasteiger partial charge in [0.15, 0.2) is 0 Å². The molecule has 0 atom stereocenters. The smallest absolute Gasteiger partial charge is 0.365 e. The van der Waals surface area contributed by atoms with E-state index in [2.05, 4.69) is 21.7 Å². The zero-order valence-corrected chi connectivity index (χ0v) is 19.4. The van der Waals surface area contributed by atoms with Crippen LogP contribution in [0.5, 0.6) is 0 Å². The Morgan fingerprint density at radius 1 is 1.29 bits per heavy atom. The largest absolute Gasteiger partial charge is 0.476 e. The van der Waals surface area contributed by atoms with Gasteiger partial charge in [-0.05, 0) is 56.1 Å². The summed E-state index contributed by atoms with van der Waals surface area (Å²) < 4.78 is 5.33. The summed E-state index contributed by atoms with van der Waals surface area (Å²) in [6, 6.07) is 0. The summed E-state index contributed by atoms with van der Waals surface area (Å²) >= 11 is 0. The lowest BCUT2D eigenvalue weighted by atomic mass is 9.80. The molecule has 1 saturated carbocycles. The van der Waals surface area contributed by atoms with E-state index in [1.54, 1.807) is 0 Å². The monoisotopic (exact) mass is 460 g/mol. The zero-order valence-electron chi connectivity index (χ0n) is 19.4. The molecule has 1 fully saturated rings. The highest BCUT2D eigenvalue weighted by Crippen LogP contribution is 2.36. The number of hydrazone groups is 1. The quantitative estimate of drug-likeness (QED) is 0.510. The number of carboxylic acids is 1. The minimum Gasteiger partial charge on any atom is -0.476 e. The topological polar surface area (TPSA) is 108 Å². The molecule has 4 rings (SSSR count). The molecule has 1 aliphatic heterocycles. The summed E-state index contributed by atoms with van der Waals surface area (Å²) in [5.74, 6) is 1.26. The zero-order chi connectivity index (χ0) is 24.2. The summed E-state index contributed by atoms with van der Waals surface area (Å²) in [5.41, 5.74) is 4.76. The van der Waals surface area contributed by atoms with Crippen LogP contribution in [-0.4, -0.2) is 39.5 Å². The molecule has 0 bridgehead atoms. The number of allylic oxidation sites excluding steroid dienone is 6. The van der Waals surface area contributed by atoms with Crippen molar-refractivity contribution >= 4 is 23.2 Å². The van der Waals surface area contributed by atoms with Gasteiger partial charge in [-0.2, -0.15) is 5.10 Å². The number of carbonyl (C=O) groups excluding carboxylic acids is 1. The molecule has 3 aliphatic rings. The minimum absolute atomic E-state index is 0.0460. The van der Waals surface area contributed by atoms with Gasteiger partial charge in [0.05, 0.1) is 5.69 Å². The number of amides is 1. The average Bonchev–Trinajstić information content (AvgIpc) is 3.01. The van der Waals surface area contributed by atoms with Crippen LogP contribution in [0.3, 0.4) is 0 Å². The van der Waals surface area contributed by atoms with Crippen LogP contribution in [0, 0.1) is 32.1 Å². The first-order valence-electron chi connectivity index (χ1n) is 11.5. The van der Waals surface area contributed by atoms with Crippen molar-refractivity contribution in [3.05, 3.63) is 58.2 Å². The number of terminal acetylenes is 1. The lowest BCUT2D eigenvalue weighted by Gasteiger charge is -2.34. The molecule has 0 unspecified atom stereocenters. The Labute approximate surface area is 198 Å². The molecule has 1 aromatic rings. The maximum Gasteiger partial charge on any atom is 0.365 e. The predicted octanol–water partition coefficient (Wildman–Crippen LogP) is 3.86. The molecule has 0 radical (unpaired) electrons. The number of hydrogen-bond acceptors (Lipinski definition) is 6. The van der Waals surface area contributed by atoms with Crippen molar-refractivity contribution in [3.63, 3.8) is 0 Å². The molecule has 34 heavy (non-hydrogen) atoms. The maximum atomic E-state index is 13.6. The van der Waals surface area contributed by atoms with Crippen LogP contribution in [0.15, 0.2) is 50.8 Å². The number of carboxylic acid groups (broad SMARTS) is 1. The molecule has 2 N–H and O–H groups in total. The fourth-order valence-electron chi connectivity index (χ4n) is 4.83. The molecule has 0 saturated heterocycles. The lowest BCUT2D eigenvalue weighted by molar-refractivity contribution is -0.129. The summed E-state index contributed by atoms with van der Waals surface area (Å²) in [4.78, 5) is 24.9. The van der Waals surface area contributed by atoms with E-state index in [9.17, 15) is 14.7 Å². The van der Waals surface area contributed by atoms with Crippen LogP contribution in [0.25, 0.3) is 5.57 Å². The van der Waals surface area contributed by atoms with Gasteiger partial charge in [-0.25, -0.2) is 9.80 Å². The van der Waals surface area contributed by atoms with Gasteiger partial charge in [0.1, 0.15) is 12.4 Å². The molecule has 0 spiro atoms. The summed E-state index contributed by atoms with van der Waals surface area (Å²) in [7, 11) is 0. The van der Waals surface area contributed by atoms with Gasteiger partial charge < -0.3 is 14.9 Å². The van der Waals surface area contributed by atoms with Gasteiger partial charge >= 0.3 is 5.97 Å². The fraction of sp³-hybridized carbons (Fsp3) is 0.385. The second-order valence-corrected chi connectivity index (χ2v) is 8.68. The Hall–Kier alpha value is -3.86. The molecule has 2 heterocycles. The van der Waals surface area contributed by atoms with Gasteiger partial charge in [-0.15, -0.1) is 6.42 Å². The standard InChI is InChI=1S/C26H28N4O4/c1-4-21(26(32)33)28-30-15-27-24(23(25(30)31)18-9-6-5-7-10-18)20-12-8-11-19(13-14-20)22-16(2)29-34-17(22)3/h1,8,11,13-14,18,27H,5-7,9-10,12,15H2,2-3H3,(H,32,33)/b28-21+. The molecular formula is C26H28N4O4. The highest BCUT2D eigenvalue weighted by Gasteiger charge is 2.34. The van der Waals surface area contributed by atoms with Crippen molar-refractivity contribution in [1.82, 2.24) is 15.5 Å². The van der Waals surface area contributed by atoms with Crippen molar-refractivity contribution in [3.8, 4) is 12.3 Å². The van der Waals surface area contributed by atoms with Crippen molar-refractivity contribution in [2.24, 2.45) is 11.0 Å². The number of aryl methyl sites for hydroxylation is 2. The molecule has 1 amide bonds. The molecule has 176 valence electrons. The van der Waals surface area contributed by atoms with E-state index in [-0.39, 0.29) is 18.5 Å². The number of nitrogens with one attached hydrogen (secondary N) is 1. The van der Waals surface area contributed by atoms with E-state index in [4.69, 9.17) is 10.9 Å². The number of rotatable bonds is 5. The van der Waals surface area contributed by atoms with Crippen LogP contribution in [-0.2, 0) is 9.59 Å². The summed E-state index contributed by atoms with van der Waals surface area (Å²) in [6.45, 7) is 3.85. The third-order valence-corrected chi connectivity index (χ3v) is 6.46. The highest BCUT2D eigenvalue weighted by atomic mass is 16.5. The van der Waals surface area contributed by atoms with Gasteiger partial charge in [-0.3, -0.25) is 4.79 Å². The molecular weight excluding hydrogens is 432 g/mol. The first kappa shape index (κ1) is 23.3. The van der Waals surface area contributed by atoms with E-state index in [1.807, 2.05) is 38.0 Å². The Bertz CT molecular complexity index is 1180. The van der Waals surface area contributed by atoms with E-state index >= 15 is 0 Å². The highest BCUT2D eigenvalue weighted by molar-refractivity contribution is 6.42. The minimum atomic E-state index is -1.34. The SMILES string of the molecule is C#C/C(=N\N1CNC(C2=CC=C(c3c(C)noc3C)C=CC2)=C(C2CCCCC2)C1=O)C(=O)O. The lowest BCUT2D eigenvalue weighted by Crippen LogP contribution is -2.45. The van der Waals surface area contributed by atoms with Crippen LogP contribution in [0.1, 0.15) is 55.5 Å². The van der Waals surface area contributed by atoms with E-state index in [1.165, 1.54) is 0 Å². The van der Waals surface area contributed by atoms with Crippen molar-refractivity contribution in [2.75, 3.05) is 6.67 Å². The third-order valence-electron chi connectivity index (χ3n) is 6.46. The number of nitrogens with zero attached hydrogens (tertiary/aromatic N) is 3. The Balaban J connectivity index is 1.75. The summed E-state index contributed by atoms with van der Waals surface area (Å²) in [5, 5.41) is 21.7. The van der Waals surface area contributed by atoms with Crippen LogP contribution >= 0.6 is 0 Å². The first-order chi connectivity index (χ1) is 16.4. The van der Waals surface area contributed by atoms with Crippen molar-refractivity contribution in [1.29, 1.82) is 0 Å². The molecule has 0 aromatic carbocycles. The van der Waals surface area contributed by atoms with Crippen LogP contribution < -0.4 is 5.32 Å². The number of carbonyl (C=O) groups is 2. The summed E-state index contributed by atoms with van der Waals surface area (Å²) in [6.07, 6.45) is 19.2. The van der Waals surface area contributed by atoms with Gasteiger partial charge in [0.25, 0.3) is 5.91 Å². The molecule has 8 heteroatoms. The molecule has 8 nitrogen and oxygen atoms in total. The Morgan fingerprint density at radius 2 is 2.06 bits per heavy atom. The predicted molar refractivity (Wildman–Crippen MR) is 128 cm³/mol. The fourth-order valence-corrected chi connectivity index (χ4v) is 4.83. The molecule has 1 aromatic heterocycles. The average molecular weight is 461 g/mol. The van der Waals surface area contributed by atoms with Gasteiger partial charge in [0, 0.05) is 16.8 Å².